The van der Waals surface area contributed by atoms with Gasteiger partial charge >= 0.3 is 5.97 Å². The minimum Gasteiger partial charge on any atom is -0.480 e. The van der Waals surface area contributed by atoms with E-state index in [-0.39, 0.29) is 37.5 Å². The van der Waals surface area contributed by atoms with Gasteiger partial charge in [-0.1, -0.05) is 27.7 Å². The molecule has 0 heterocycles. The number of rotatable bonds is 17. The van der Waals surface area contributed by atoms with Gasteiger partial charge in [0.25, 0.3) is 0 Å². The Kier molecular flexibility index (Phi) is 15.2. The Morgan fingerprint density at radius 3 is 1.74 bits per heavy atom. The van der Waals surface area contributed by atoms with Crippen LogP contribution in [0.25, 0.3) is 0 Å². The predicted molar refractivity (Wildman–Crippen MR) is 132 cm³/mol. The summed E-state index contributed by atoms with van der Waals surface area (Å²) in [4.78, 5) is 61.1. The van der Waals surface area contributed by atoms with Gasteiger partial charge in [0.15, 0.2) is 0 Å². The third-order valence-electron chi connectivity index (χ3n) is 4.94. The van der Waals surface area contributed by atoms with Crippen molar-refractivity contribution in [3.05, 3.63) is 0 Å². The molecule has 0 aromatic rings. The normalized spacial score (nSPS) is 14.7. The molecule has 12 heteroatoms. The summed E-state index contributed by atoms with van der Waals surface area (Å²) in [5.41, 5.74) is 11.1. The van der Waals surface area contributed by atoms with E-state index in [0.717, 1.165) is 0 Å². The highest BCUT2D eigenvalue weighted by Gasteiger charge is 2.31. The van der Waals surface area contributed by atoms with Crippen molar-refractivity contribution in [3.63, 3.8) is 0 Å². The van der Waals surface area contributed by atoms with E-state index < -0.39 is 53.8 Å². The first kappa shape index (κ1) is 31.7. The summed E-state index contributed by atoms with van der Waals surface area (Å²) in [6.45, 7) is 7.38. The summed E-state index contributed by atoms with van der Waals surface area (Å²) in [7, 11) is 0. The third-order valence-corrected chi connectivity index (χ3v) is 5.59. The zero-order chi connectivity index (χ0) is 26.4. The number of carboxylic acids is 1. The summed E-state index contributed by atoms with van der Waals surface area (Å²) >= 11 is 1.53. The number of thioether (sulfide) groups is 1. The summed E-state index contributed by atoms with van der Waals surface area (Å²) in [5.74, 6) is -2.98. The highest BCUT2D eigenvalue weighted by Crippen LogP contribution is 2.10. The molecule has 0 radical (unpaired) electrons. The molecule has 11 nitrogen and oxygen atoms in total. The molecule has 4 amide bonds. The molecule has 8 N–H and O–H groups in total. The molecule has 0 spiro atoms. The topological polar surface area (TPSA) is 194 Å². The molecule has 196 valence electrons. The monoisotopic (exact) mass is 503 g/mol. The predicted octanol–water partition coefficient (Wildman–Crippen LogP) is -0.0365. The quantitative estimate of drug-likeness (QED) is 0.159. The molecule has 0 rings (SSSR count). The van der Waals surface area contributed by atoms with Crippen LogP contribution in [0.4, 0.5) is 0 Å². The van der Waals surface area contributed by atoms with Crippen LogP contribution in [0.5, 0.6) is 0 Å². The van der Waals surface area contributed by atoms with Crippen molar-refractivity contribution in [1.29, 1.82) is 0 Å². The van der Waals surface area contributed by atoms with Crippen molar-refractivity contribution in [2.24, 2.45) is 23.3 Å². The second-order valence-corrected chi connectivity index (χ2v) is 10.2. The number of carbonyl (C=O) groups excluding carboxylic acids is 4. The second kappa shape index (κ2) is 16.3. The van der Waals surface area contributed by atoms with E-state index in [9.17, 15) is 29.1 Å². The van der Waals surface area contributed by atoms with E-state index in [2.05, 4.69) is 16.0 Å². The van der Waals surface area contributed by atoms with Crippen molar-refractivity contribution < 1.29 is 29.1 Å². The largest absolute Gasteiger partial charge is 0.480 e. The molecule has 0 aliphatic carbocycles. The first-order chi connectivity index (χ1) is 15.8. The van der Waals surface area contributed by atoms with E-state index >= 15 is 0 Å². The lowest BCUT2D eigenvalue weighted by molar-refractivity contribution is -0.143. The fourth-order valence-corrected chi connectivity index (χ4v) is 3.64. The van der Waals surface area contributed by atoms with Crippen LogP contribution in [0.15, 0.2) is 0 Å². The molecule has 0 aliphatic heterocycles. The number of carboxylic acid groups (broad SMARTS) is 1. The van der Waals surface area contributed by atoms with Crippen LogP contribution in [0.2, 0.25) is 0 Å². The molecule has 0 aromatic heterocycles. The Bertz CT molecular complexity index is 703. The summed E-state index contributed by atoms with van der Waals surface area (Å²) < 4.78 is 0. The first-order valence-corrected chi connectivity index (χ1v) is 12.8. The van der Waals surface area contributed by atoms with Crippen LogP contribution in [-0.4, -0.2) is 70.9 Å². The highest BCUT2D eigenvalue weighted by molar-refractivity contribution is 7.98. The van der Waals surface area contributed by atoms with Gasteiger partial charge in [-0.3, -0.25) is 19.2 Å². The molecule has 0 fully saturated rings. The zero-order valence-electron chi connectivity index (χ0n) is 20.8. The molecule has 0 aliphatic rings. The van der Waals surface area contributed by atoms with Crippen LogP contribution in [0.3, 0.4) is 0 Å². The van der Waals surface area contributed by atoms with Crippen molar-refractivity contribution in [3.8, 4) is 0 Å². The van der Waals surface area contributed by atoms with E-state index in [0.29, 0.717) is 12.2 Å². The molecule has 4 atom stereocenters. The van der Waals surface area contributed by atoms with Gasteiger partial charge in [-0.25, -0.2) is 4.79 Å². The van der Waals surface area contributed by atoms with Gasteiger partial charge in [0.05, 0.1) is 6.04 Å². The van der Waals surface area contributed by atoms with Crippen LogP contribution in [0.1, 0.15) is 59.8 Å². The number of hydrogen-bond acceptors (Lipinski definition) is 7. The number of hydrogen-bond donors (Lipinski definition) is 6. The van der Waals surface area contributed by atoms with Gasteiger partial charge in [-0.05, 0) is 49.5 Å². The van der Waals surface area contributed by atoms with E-state index in [1.54, 1.807) is 0 Å². The average molecular weight is 504 g/mol. The number of nitrogens with one attached hydrogen (secondary N) is 3. The maximum Gasteiger partial charge on any atom is 0.326 e. The zero-order valence-corrected chi connectivity index (χ0v) is 21.6. The number of aliphatic carboxylic acids is 1. The van der Waals surface area contributed by atoms with E-state index in [1.165, 1.54) is 11.8 Å². The maximum absolute atomic E-state index is 13.0. The summed E-state index contributed by atoms with van der Waals surface area (Å²) in [6.07, 6.45) is 2.54. The van der Waals surface area contributed by atoms with Gasteiger partial charge in [-0.15, -0.1) is 0 Å². The molecule has 34 heavy (non-hydrogen) atoms. The fraction of sp³-hybridized carbons (Fsp3) is 0.773. The Morgan fingerprint density at radius 2 is 1.26 bits per heavy atom. The third kappa shape index (κ3) is 13.4. The number of amides is 4. The van der Waals surface area contributed by atoms with Crippen molar-refractivity contribution in [2.75, 3.05) is 12.0 Å². The minimum atomic E-state index is -1.16. The van der Waals surface area contributed by atoms with E-state index in [1.807, 2.05) is 34.0 Å². The van der Waals surface area contributed by atoms with Crippen molar-refractivity contribution in [1.82, 2.24) is 16.0 Å². The molecular weight excluding hydrogens is 462 g/mol. The number of nitrogens with two attached hydrogens (primary N) is 2. The lowest BCUT2D eigenvalue weighted by Crippen LogP contribution is -2.57. The van der Waals surface area contributed by atoms with E-state index in [4.69, 9.17) is 11.5 Å². The number of carbonyl (C=O) groups is 5. The van der Waals surface area contributed by atoms with Gasteiger partial charge in [0, 0.05) is 6.42 Å². The van der Waals surface area contributed by atoms with Crippen LogP contribution >= 0.6 is 11.8 Å². The SMILES string of the molecule is CSCCC(N)C(=O)NC(CCC(N)=O)C(=O)NC(CC(C)C)C(=O)NC(CC(C)C)C(=O)O. The summed E-state index contributed by atoms with van der Waals surface area (Å²) in [5, 5.41) is 17.1. The van der Waals surface area contributed by atoms with Crippen LogP contribution in [0, 0.1) is 11.8 Å². The lowest BCUT2D eigenvalue weighted by Gasteiger charge is -2.26. The smallest absolute Gasteiger partial charge is 0.326 e. The van der Waals surface area contributed by atoms with Crippen molar-refractivity contribution >= 4 is 41.4 Å². The first-order valence-electron chi connectivity index (χ1n) is 11.4. The van der Waals surface area contributed by atoms with Gasteiger partial charge < -0.3 is 32.5 Å². The van der Waals surface area contributed by atoms with Gasteiger partial charge in [-0.2, -0.15) is 11.8 Å². The Morgan fingerprint density at radius 1 is 0.794 bits per heavy atom. The van der Waals surface area contributed by atoms with Gasteiger partial charge in [0.1, 0.15) is 18.1 Å². The Hall–Kier alpha value is -2.34. The minimum absolute atomic E-state index is 0.00283. The fourth-order valence-electron chi connectivity index (χ4n) is 3.15. The molecule has 0 saturated heterocycles. The standard InChI is InChI=1S/C22H41N5O6S/c1-12(2)10-16(21(31)27-17(22(32)33)11-13(3)4)26-20(30)15(6-7-18(24)28)25-19(29)14(23)8-9-34-5/h12-17H,6-11,23H2,1-5H3,(H2,24,28)(H,25,29)(H,26,30)(H,27,31)(H,32,33). The molecule has 0 saturated carbocycles. The highest BCUT2D eigenvalue weighted by atomic mass is 32.2. The molecule has 4 unspecified atom stereocenters. The second-order valence-electron chi connectivity index (χ2n) is 9.17. The van der Waals surface area contributed by atoms with Crippen LogP contribution < -0.4 is 27.4 Å². The average Bonchev–Trinajstić information content (AvgIpc) is 2.72. The Balaban J connectivity index is 5.52. The molecule has 0 aromatic carbocycles. The molecular formula is C22H41N5O6S. The van der Waals surface area contributed by atoms with Gasteiger partial charge in [0.2, 0.25) is 23.6 Å². The Labute approximate surface area is 205 Å². The number of primary amides is 1. The van der Waals surface area contributed by atoms with Crippen molar-refractivity contribution in [2.45, 2.75) is 84.0 Å². The van der Waals surface area contributed by atoms with Crippen LogP contribution in [-0.2, 0) is 24.0 Å². The lowest BCUT2D eigenvalue weighted by atomic mass is 10.00. The molecule has 0 bridgehead atoms. The maximum atomic E-state index is 13.0. The summed E-state index contributed by atoms with van der Waals surface area (Å²) in [6, 6.07) is -4.09.